The molecule has 3 aromatic rings. The Morgan fingerprint density at radius 3 is 2.85 bits per heavy atom. The standard InChI is InChI=1S/C18H21N5O2S/c1-10(24)8-20-17(25)15-16-14(7-11(2)26-16)22-18(23-15)21-12(3)13-5-4-6-19-9-13/h4-7,9-10,12,24H,8H2,1-3H3,(H,20,25)(H,21,22,23)/t10-,12+/m1/s1. The van der Waals surface area contributed by atoms with Crippen molar-refractivity contribution in [1.82, 2.24) is 20.3 Å². The van der Waals surface area contributed by atoms with Crippen LogP contribution in [0.15, 0.2) is 30.6 Å². The van der Waals surface area contributed by atoms with E-state index in [2.05, 4.69) is 25.6 Å². The van der Waals surface area contributed by atoms with Gasteiger partial charge >= 0.3 is 0 Å². The number of nitrogens with zero attached hydrogens (tertiary/aromatic N) is 3. The van der Waals surface area contributed by atoms with Gasteiger partial charge in [0.2, 0.25) is 5.95 Å². The van der Waals surface area contributed by atoms with Gasteiger partial charge in [-0.1, -0.05) is 6.07 Å². The first-order chi connectivity index (χ1) is 12.4. The molecule has 3 aromatic heterocycles. The molecule has 0 aromatic carbocycles. The van der Waals surface area contributed by atoms with Crippen molar-refractivity contribution in [2.75, 3.05) is 11.9 Å². The van der Waals surface area contributed by atoms with E-state index in [9.17, 15) is 9.90 Å². The number of fused-ring (bicyclic) bond motifs is 1. The van der Waals surface area contributed by atoms with Crippen LogP contribution in [0.2, 0.25) is 0 Å². The van der Waals surface area contributed by atoms with E-state index < -0.39 is 6.10 Å². The van der Waals surface area contributed by atoms with Crippen molar-refractivity contribution in [1.29, 1.82) is 0 Å². The zero-order valence-electron chi connectivity index (χ0n) is 14.9. The molecule has 3 N–H and O–H groups in total. The number of hydrogen-bond donors (Lipinski definition) is 3. The zero-order valence-corrected chi connectivity index (χ0v) is 15.7. The summed E-state index contributed by atoms with van der Waals surface area (Å²) >= 11 is 1.48. The number of carbonyl (C=O) groups excluding carboxylic acids is 1. The van der Waals surface area contributed by atoms with E-state index in [1.54, 1.807) is 19.3 Å². The van der Waals surface area contributed by atoms with Crippen LogP contribution in [0, 0.1) is 6.92 Å². The molecule has 3 heterocycles. The largest absolute Gasteiger partial charge is 0.392 e. The first-order valence-corrected chi connectivity index (χ1v) is 9.16. The Balaban J connectivity index is 1.92. The minimum atomic E-state index is -0.621. The molecule has 0 fully saturated rings. The summed E-state index contributed by atoms with van der Waals surface area (Å²) in [6.45, 7) is 5.74. The number of aromatic nitrogens is 3. The second kappa shape index (κ2) is 7.76. The molecule has 0 spiro atoms. The van der Waals surface area contributed by atoms with Gasteiger partial charge in [-0.25, -0.2) is 9.97 Å². The highest BCUT2D eigenvalue weighted by Gasteiger charge is 2.18. The summed E-state index contributed by atoms with van der Waals surface area (Å²) in [4.78, 5) is 26.7. The van der Waals surface area contributed by atoms with Crippen molar-refractivity contribution in [2.45, 2.75) is 32.9 Å². The molecule has 3 rings (SSSR count). The summed E-state index contributed by atoms with van der Waals surface area (Å²) in [5.74, 6) is 0.0612. The van der Waals surface area contributed by atoms with Gasteiger partial charge in [0.1, 0.15) is 0 Å². The highest BCUT2D eigenvalue weighted by atomic mass is 32.1. The van der Waals surface area contributed by atoms with Crippen molar-refractivity contribution in [3.8, 4) is 0 Å². The normalized spacial score (nSPS) is 13.4. The molecule has 0 saturated carbocycles. The van der Waals surface area contributed by atoms with Gasteiger partial charge in [0.05, 0.1) is 22.4 Å². The van der Waals surface area contributed by atoms with Crippen LogP contribution in [-0.4, -0.2) is 38.6 Å². The minimum Gasteiger partial charge on any atom is -0.392 e. The number of nitrogens with one attached hydrogen (secondary N) is 2. The summed E-state index contributed by atoms with van der Waals surface area (Å²) < 4.78 is 0.741. The lowest BCUT2D eigenvalue weighted by Crippen LogP contribution is -2.31. The van der Waals surface area contributed by atoms with Gasteiger partial charge in [-0.2, -0.15) is 0 Å². The molecule has 0 radical (unpaired) electrons. The molecule has 136 valence electrons. The molecule has 2 atom stereocenters. The Bertz CT molecular complexity index is 911. The van der Waals surface area contributed by atoms with Gasteiger partial charge in [0.25, 0.3) is 5.91 Å². The first kappa shape index (κ1) is 18.2. The van der Waals surface area contributed by atoms with Crippen LogP contribution < -0.4 is 10.6 Å². The number of rotatable bonds is 6. The number of aliphatic hydroxyl groups excluding tert-OH is 1. The predicted molar refractivity (Wildman–Crippen MR) is 102 cm³/mol. The smallest absolute Gasteiger partial charge is 0.271 e. The Morgan fingerprint density at radius 1 is 1.35 bits per heavy atom. The lowest BCUT2D eigenvalue weighted by molar-refractivity contribution is 0.0921. The lowest BCUT2D eigenvalue weighted by atomic mass is 10.1. The molecule has 0 saturated heterocycles. The number of aliphatic hydroxyl groups is 1. The van der Waals surface area contributed by atoms with Crippen LogP contribution in [0.4, 0.5) is 5.95 Å². The second-order valence-electron chi connectivity index (χ2n) is 6.18. The second-order valence-corrected chi connectivity index (χ2v) is 7.43. The average Bonchev–Trinajstić information content (AvgIpc) is 2.99. The summed E-state index contributed by atoms with van der Waals surface area (Å²) in [7, 11) is 0. The highest BCUT2D eigenvalue weighted by Crippen LogP contribution is 2.28. The van der Waals surface area contributed by atoms with Crippen LogP contribution in [0.25, 0.3) is 10.2 Å². The van der Waals surface area contributed by atoms with Crippen LogP contribution in [-0.2, 0) is 0 Å². The van der Waals surface area contributed by atoms with Gasteiger partial charge in [0, 0.05) is 23.8 Å². The maximum atomic E-state index is 12.5. The Kier molecular flexibility index (Phi) is 5.43. The summed E-state index contributed by atoms with van der Waals surface area (Å²) in [5, 5.41) is 15.3. The highest BCUT2D eigenvalue weighted by molar-refractivity contribution is 7.19. The molecule has 0 aliphatic carbocycles. The fourth-order valence-electron chi connectivity index (χ4n) is 2.50. The number of carbonyl (C=O) groups is 1. The Labute approximate surface area is 155 Å². The molecule has 26 heavy (non-hydrogen) atoms. The molecule has 7 nitrogen and oxygen atoms in total. The third-order valence-corrected chi connectivity index (χ3v) is 4.84. The van der Waals surface area contributed by atoms with Crippen LogP contribution >= 0.6 is 11.3 Å². The van der Waals surface area contributed by atoms with Gasteiger partial charge in [0.15, 0.2) is 5.69 Å². The molecule has 1 amide bonds. The van der Waals surface area contributed by atoms with Crippen molar-refractivity contribution in [3.63, 3.8) is 0 Å². The summed E-state index contributed by atoms with van der Waals surface area (Å²) in [6.07, 6.45) is 2.88. The number of pyridine rings is 1. The van der Waals surface area contributed by atoms with Crippen LogP contribution in [0.3, 0.4) is 0 Å². The number of anilines is 1. The van der Waals surface area contributed by atoms with Crippen molar-refractivity contribution >= 4 is 33.4 Å². The van der Waals surface area contributed by atoms with E-state index in [0.29, 0.717) is 11.6 Å². The molecule has 0 bridgehead atoms. The zero-order chi connectivity index (χ0) is 18.7. The van der Waals surface area contributed by atoms with Crippen molar-refractivity contribution < 1.29 is 9.90 Å². The Hall–Kier alpha value is -2.58. The van der Waals surface area contributed by atoms with E-state index in [-0.39, 0.29) is 18.5 Å². The van der Waals surface area contributed by atoms with Gasteiger partial charge in [-0.15, -0.1) is 11.3 Å². The minimum absolute atomic E-state index is 0.0609. The van der Waals surface area contributed by atoms with Crippen molar-refractivity contribution in [3.05, 3.63) is 46.7 Å². The maximum absolute atomic E-state index is 12.5. The van der Waals surface area contributed by atoms with E-state index in [4.69, 9.17) is 0 Å². The van der Waals surface area contributed by atoms with Crippen molar-refractivity contribution in [2.24, 2.45) is 0 Å². The fraction of sp³-hybridized carbons (Fsp3) is 0.333. The number of thiophene rings is 1. The molecule has 8 heteroatoms. The molecular formula is C18H21N5O2S. The number of hydrogen-bond acceptors (Lipinski definition) is 7. The summed E-state index contributed by atoms with van der Waals surface area (Å²) in [6, 6.07) is 5.71. The topological polar surface area (TPSA) is 100 Å². The van der Waals surface area contributed by atoms with Crippen LogP contribution in [0.1, 0.15) is 40.8 Å². The Morgan fingerprint density at radius 2 is 2.15 bits per heavy atom. The number of amides is 1. The van der Waals surface area contributed by atoms with Gasteiger partial charge < -0.3 is 15.7 Å². The molecule has 0 aliphatic heterocycles. The first-order valence-electron chi connectivity index (χ1n) is 8.35. The van der Waals surface area contributed by atoms with E-state index in [1.807, 2.05) is 32.0 Å². The van der Waals surface area contributed by atoms with Gasteiger partial charge in [-0.05, 0) is 38.5 Å². The third-order valence-electron chi connectivity index (χ3n) is 3.80. The third kappa shape index (κ3) is 4.14. The van der Waals surface area contributed by atoms with Gasteiger partial charge in [-0.3, -0.25) is 9.78 Å². The molecular weight excluding hydrogens is 350 g/mol. The monoisotopic (exact) mass is 371 g/mol. The quantitative estimate of drug-likeness (QED) is 0.616. The van der Waals surface area contributed by atoms with E-state index in [0.717, 1.165) is 20.7 Å². The predicted octanol–water partition coefficient (Wildman–Crippen LogP) is 2.68. The molecule has 0 unspecified atom stereocenters. The average molecular weight is 371 g/mol. The molecule has 0 aliphatic rings. The van der Waals surface area contributed by atoms with Crippen LogP contribution in [0.5, 0.6) is 0 Å². The SMILES string of the molecule is Cc1cc2nc(N[C@@H](C)c3cccnc3)nc(C(=O)NC[C@@H](C)O)c2s1. The lowest BCUT2D eigenvalue weighted by Gasteiger charge is -2.15. The van der Waals surface area contributed by atoms with E-state index >= 15 is 0 Å². The maximum Gasteiger partial charge on any atom is 0.271 e. The summed E-state index contributed by atoms with van der Waals surface area (Å²) in [5.41, 5.74) is 2.04. The fourth-order valence-corrected chi connectivity index (χ4v) is 3.44. The van der Waals surface area contributed by atoms with E-state index in [1.165, 1.54) is 11.3 Å². The number of aryl methyl sites for hydroxylation is 1.